The van der Waals surface area contributed by atoms with E-state index in [1.807, 2.05) is 11.0 Å². The lowest BCUT2D eigenvalue weighted by atomic mass is 9.71. The van der Waals surface area contributed by atoms with Gasteiger partial charge in [0.1, 0.15) is 5.82 Å². The summed E-state index contributed by atoms with van der Waals surface area (Å²) in [6.07, 6.45) is 8.28. The number of halogens is 1. The first-order chi connectivity index (χ1) is 11.1. The van der Waals surface area contributed by atoms with Crippen LogP contribution in [0.4, 0.5) is 4.39 Å². The van der Waals surface area contributed by atoms with Crippen LogP contribution in [0, 0.1) is 11.2 Å². The van der Waals surface area contributed by atoms with E-state index in [9.17, 15) is 9.18 Å². The second-order valence-electron chi connectivity index (χ2n) is 7.29. The van der Waals surface area contributed by atoms with Gasteiger partial charge in [-0.25, -0.2) is 4.39 Å². The van der Waals surface area contributed by atoms with E-state index < -0.39 is 0 Å². The summed E-state index contributed by atoms with van der Waals surface area (Å²) >= 11 is 0. The summed E-state index contributed by atoms with van der Waals surface area (Å²) in [6, 6.07) is 7.05. The van der Waals surface area contributed by atoms with Gasteiger partial charge in [-0.05, 0) is 43.7 Å². The van der Waals surface area contributed by atoms with Gasteiger partial charge < -0.3 is 10.6 Å². The van der Waals surface area contributed by atoms with Crippen LogP contribution < -0.4 is 5.73 Å². The minimum absolute atomic E-state index is 0.0301. The van der Waals surface area contributed by atoms with Gasteiger partial charge >= 0.3 is 0 Å². The number of nitrogens with zero attached hydrogens (tertiary/aromatic N) is 1. The van der Waals surface area contributed by atoms with Gasteiger partial charge in [-0.1, -0.05) is 37.5 Å². The summed E-state index contributed by atoms with van der Waals surface area (Å²) in [5.74, 6) is -0.0692. The molecular weight excluding hydrogens is 291 g/mol. The maximum absolute atomic E-state index is 13.9. The second kappa shape index (κ2) is 7.00. The van der Waals surface area contributed by atoms with Gasteiger partial charge in [0, 0.05) is 24.6 Å². The van der Waals surface area contributed by atoms with Gasteiger partial charge in [0.15, 0.2) is 0 Å². The molecule has 0 atom stereocenters. The zero-order valence-electron chi connectivity index (χ0n) is 13.8. The SMILES string of the molecule is NCC1(CC(=O)N(Cc2ccccc2F)C2CC2)CCCCC1. The molecule has 1 aromatic carbocycles. The van der Waals surface area contributed by atoms with E-state index in [1.54, 1.807) is 12.1 Å². The molecule has 4 heteroatoms. The summed E-state index contributed by atoms with van der Waals surface area (Å²) in [5.41, 5.74) is 6.60. The van der Waals surface area contributed by atoms with Gasteiger partial charge in [0.2, 0.25) is 5.91 Å². The molecule has 0 aromatic heterocycles. The molecule has 0 saturated heterocycles. The molecule has 2 N–H and O–H groups in total. The van der Waals surface area contributed by atoms with Crippen LogP contribution in [0.2, 0.25) is 0 Å². The number of hydrogen-bond acceptors (Lipinski definition) is 2. The third-order valence-electron chi connectivity index (χ3n) is 5.48. The maximum atomic E-state index is 13.9. The molecule has 0 aliphatic heterocycles. The normalized spacial score (nSPS) is 20.3. The molecule has 2 saturated carbocycles. The predicted molar refractivity (Wildman–Crippen MR) is 89.2 cm³/mol. The summed E-state index contributed by atoms with van der Waals surface area (Å²) in [4.78, 5) is 14.8. The van der Waals surface area contributed by atoms with Crippen molar-refractivity contribution in [1.29, 1.82) is 0 Å². The molecule has 0 spiro atoms. The third kappa shape index (κ3) is 3.92. The van der Waals surface area contributed by atoms with Crippen molar-refractivity contribution in [3.8, 4) is 0 Å². The van der Waals surface area contributed by atoms with Crippen LogP contribution in [0.1, 0.15) is 56.9 Å². The third-order valence-corrected chi connectivity index (χ3v) is 5.48. The minimum Gasteiger partial charge on any atom is -0.335 e. The number of nitrogens with two attached hydrogens (primary N) is 1. The van der Waals surface area contributed by atoms with Crippen molar-refractivity contribution in [2.75, 3.05) is 6.54 Å². The summed E-state index contributed by atoms with van der Waals surface area (Å²) in [5, 5.41) is 0. The predicted octanol–water partition coefficient (Wildman–Crippen LogP) is 3.62. The van der Waals surface area contributed by atoms with Crippen molar-refractivity contribution >= 4 is 5.91 Å². The highest BCUT2D eigenvalue weighted by Gasteiger charge is 2.38. The van der Waals surface area contributed by atoms with Crippen molar-refractivity contribution in [1.82, 2.24) is 4.90 Å². The Hall–Kier alpha value is -1.42. The Kier molecular flexibility index (Phi) is 5.00. The van der Waals surface area contributed by atoms with E-state index >= 15 is 0 Å². The fraction of sp³-hybridized carbons (Fsp3) is 0.632. The van der Waals surface area contributed by atoms with Gasteiger partial charge in [0.25, 0.3) is 0 Å². The standard InChI is InChI=1S/C19H27FN2O/c20-17-7-3-2-6-15(17)13-22(16-8-9-16)18(23)12-19(14-21)10-4-1-5-11-19/h2-3,6-7,16H,1,4-5,8-14,21H2. The lowest BCUT2D eigenvalue weighted by Crippen LogP contribution is -2.41. The number of rotatable bonds is 6. The van der Waals surface area contributed by atoms with Crippen LogP contribution in [-0.4, -0.2) is 23.4 Å². The van der Waals surface area contributed by atoms with Crippen LogP contribution in [0.15, 0.2) is 24.3 Å². The van der Waals surface area contributed by atoms with Gasteiger partial charge in [-0.2, -0.15) is 0 Å². The maximum Gasteiger partial charge on any atom is 0.223 e. The number of carbonyl (C=O) groups excluding carboxylic acids is 1. The molecular formula is C19H27FN2O. The molecule has 126 valence electrons. The topological polar surface area (TPSA) is 46.3 Å². The van der Waals surface area contributed by atoms with Crippen molar-refractivity contribution < 1.29 is 9.18 Å². The number of benzene rings is 1. The zero-order chi connectivity index (χ0) is 16.3. The van der Waals surface area contributed by atoms with E-state index in [1.165, 1.54) is 25.3 Å². The highest BCUT2D eigenvalue weighted by Crippen LogP contribution is 2.40. The minimum atomic E-state index is -0.225. The Morgan fingerprint density at radius 3 is 2.52 bits per heavy atom. The largest absolute Gasteiger partial charge is 0.335 e. The monoisotopic (exact) mass is 318 g/mol. The molecule has 0 bridgehead atoms. The van der Waals surface area contributed by atoms with Crippen LogP contribution in [0.3, 0.4) is 0 Å². The molecule has 2 fully saturated rings. The van der Waals surface area contributed by atoms with E-state index in [2.05, 4.69) is 0 Å². The molecule has 3 rings (SSSR count). The average molecular weight is 318 g/mol. The van der Waals surface area contributed by atoms with Gasteiger partial charge in [0.05, 0.1) is 0 Å². The highest BCUT2D eigenvalue weighted by atomic mass is 19.1. The van der Waals surface area contributed by atoms with Crippen molar-refractivity contribution in [3.05, 3.63) is 35.6 Å². The lowest BCUT2D eigenvalue weighted by Gasteiger charge is -2.37. The van der Waals surface area contributed by atoms with Crippen LogP contribution in [0.25, 0.3) is 0 Å². The first kappa shape index (κ1) is 16.4. The van der Waals surface area contributed by atoms with Gasteiger partial charge in [-0.3, -0.25) is 4.79 Å². The lowest BCUT2D eigenvalue weighted by molar-refractivity contribution is -0.135. The molecule has 2 aliphatic rings. The first-order valence-corrected chi connectivity index (χ1v) is 8.86. The highest BCUT2D eigenvalue weighted by molar-refractivity contribution is 5.77. The van der Waals surface area contributed by atoms with Crippen LogP contribution in [0.5, 0.6) is 0 Å². The second-order valence-corrected chi connectivity index (χ2v) is 7.29. The van der Waals surface area contributed by atoms with Crippen molar-refractivity contribution in [2.24, 2.45) is 11.1 Å². The van der Waals surface area contributed by atoms with E-state index in [0.29, 0.717) is 31.1 Å². The van der Waals surface area contributed by atoms with E-state index in [0.717, 1.165) is 25.7 Å². The molecule has 0 heterocycles. The fourth-order valence-corrected chi connectivity index (χ4v) is 3.79. The fourth-order valence-electron chi connectivity index (χ4n) is 3.79. The Bertz CT molecular complexity index is 550. The Morgan fingerprint density at radius 2 is 1.91 bits per heavy atom. The van der Waals surface area contributed by atoms with Crippen molar-refractivity contribution in [2.45, 2.75) is 64.0 Å². The zero-order valence-corrected chi connectivity index (χ0v) is 13.8. The molecule has 23 heavy (non-hydrogen) atoms. The van der Waals surface area contributed by atoms with Crippen LogP contribution >= 0.6 is 0 Å². The van der Waals surface area contributed by atoms with Gasteiger partial charge in [-0.15, -0.1) is 0 Å². The van der Waals surface area contributed by atoms with Crippen molar-refractivity contribution in [3.63, 3.8) is 0 Å². The smallest absolute Gasteiger partial charge is 0.223 e. The Balaban J connectivity index is 1.70. The molecule has 1 aromatic rings. The summed E-state index contributed by atoms with van der Waals surface area (Å²) in [6.45, 7) is 0.966. The number of carbonyl (C=O) groups is 1. The Labute approximate surface area is 138 Å². The molecule has 1 amide bonds. The molecule has 2 aliphatic carbocycles. The Morgan fingerprint density at radius 1 is 1.22 bits per heavy atom. The average Bonchev–Trinajstić information content (AvgIpc) is 3.39. The summed E-state index contributed by atoms with van der Waals surface area (Å²) < 4.78 is 13.9. The van der Waals surface area contributed by atoms with Crippen LogP contribution in [-0.2, 0) is 11.3 Å². The number of hydrogen-bond donors (Lipinski definition) is 1. The molecule has 3 nitrogen and oxygen atoms in total. The van der Waals surface area contributed by atoms with E-state index in [4.69, 9.17) is 5.73 Å². The first-order valence-electron chi connectivity index (χ1n) is 8.86. The molecule has 0 unspecified atom stereocenters. The summed E-state index contributed by atoms with van der Waals surface area (Å²) in [7, 11) is 0. The van der Waals surface area contributed by atoms with E-state index in [-0.39, 0.29) is 17.1 Å². The quantitative estimate of drug-likeness (QED) is 0.871. The number of amides is 1. The molecule has 0 radical (unpaired) electrons.